The molecule has 1 atom stereocenters. The zero-order chi connectivity index (χ0) is 21.8. The molecule has 0 saturated carbocycles. The molecule has 1 aromatic heterocycles. The fourth-order valence-electron chi connectivity index (χ4n) is 3.32. The fraction of sp³-hybridized carbons (Fsp3) is 0.300. The monoisotopic (exact) mass is 450 g/mol. The van der Waals surface area contributed by atoms with Crippen LogP contribution >= 0.6 is 23.2 Å². The Kier molecular flexibility index (Phi) is 6.79. The molecule has 1 unspecified atom stereocenters. The summed E-state index contributed by atoms with van der Waals surface area (Å²) in [7, 11) is 0. The first-order valence-electron chi connectivity index (χ1n) is 9.22. The van der Waals surface area contributed by atoms with Gasteiger partial charge in [-0.3, -0.25) is 9.59 Å². The molecule has 0 fully saturated rings. The summed E-state index contributed by atoms with van der Waals surface area (Å²) >= 11 is 12.3. The van der Waals surface area contributed by atoms with Gasteiger partial charge in [0.2, 0.25) is 0 Å². The molecular weight excluding hydrogens is 431 g/mol. The number of fused-ring (bicyclic) bond motifs is 1. The minimum atomic E-state index is -0.630. The normalized spacial score (nSPS) is 15.3. The third kappa shape index (κ3) is 4.34. The zero-order valence-corrected chi connectivity index (χ0v) is 17.9. The second kappa shape index (κ2) is 9.32. The molecule has 0 saturated heterocycles. The average Bonchev–Trinajstić information content (AvgIpc) is 3.16. The number of ether oxygens (including phenoxy) is 1. The molecule has 1 aliphatic rings. The molecule has 0 aliphatic carbocycles. The third-order valence-corrected chi connectivity index (χ3v) is 5.34. The highest BCUT2D eigenvalue weighted by molar-refractivity contribution is 6.42. The summed E-state index contributed by atoms with van der Waals surface area (Å²) in [5.74, 6) is -0.398. The van der Waals surface area contributed by atoms with Crippen LogP contribution in [0.3, 0.4) is 0 Å². The van der Waals surface area contributed by atoms with Crippen LogP contribution < -0.4 is 5.32 Å². The van der Waals surface area contributed by atoms with Crippen molar-refractivity contribution in [3.05, 3.63) is 57.3 Å². The molecule has 1 aromatic carbocycles. The van der Waals surface area contributed by atoms with Gasteiger partial charge in [-0.15, -0.1) is 0 Å². The Hall–Kier alpha value is -2.84. The number of amides is 1. The van der Waals surface area contributed by atoms with E-state index in [1.807, 2.05) is 0 Å². The Morgan fingerprint density at radius 3 is 2.73 bits per heavy atom. The predicted molar refractivity (Wildman–Crippen MR) is 112 cm³/mol. The number of carbonyl (C=O) groups excluding carboxylic acids is 3. The summed E-state index contributed by atoms with van der Waals surface area (Å²) in [6, 6.07) is 6.21. The van der Waals surface area contributed by atoms with Crippen molar-refractivity contribution in [3.8, 4) is 0 Å². The summed E-state index contributed by atoms with van der Waals surface area (Å²) in [5.41, 5.74) is 1.58. The van der Waals surface area contributed by atoms with Crippen LogP contribution in [0.25, 0.3) is 0 Å². The van der Waals surface area contributed by atoms with E-state index >= 15 is 0 Å². The van der Waals surface area contributed by atoms with Gasteiger partial charge in [-0.25, -0.2) is 4.68 Å². The van der Waals surface area contributed by atoms with Crippen LogP contribution in [0.15, 0.2) is 41.7 Å². The third-order valence-electron chi connectivity index (χ3n) is 4.61. The molecule has 0 bridgehead atoms. The van der Waals surface area contributed by atoms with Gasteiger partial charge in [-0.1, -0.05) is 29.3 Å². The molecule has 30 heavy (non-hydrogen) atoms. The molecule has 1 amide bonds. The first-order valence-corrected chi connectivity index (χ1v) is 9.97. The molecule has 0 radical (unpaired) electrons. The fourth-order valence-corrected chi connectivity index (χ4v) is 3.62. The van der Waals surface area contributed by atoms with Crippen LogP contribution in [0.5, 0.6) is 0 Å². The molecule has 8 nitrogen and oxygen atoms in total. The Morgan fingerprint density at radius 1 is 1.30 bits per heavy atom. The maximum Gasteiger partial charge on any atom is 0.325 e. The lowest BCUT2D eigenvalue weighted by molar-refractivity contribution is -0.148. The van der Waals surface area contributed by atoms with E-state index in [9.17, 15) is 14.4 Å². The number of halogens is 2. The Labute approximate surface area is 183 Å². The molecule has 2 heterocycles. The lowest BCUT2D eigenvalue weighted by Gasteiger charge is -2.32. The topological polar surface area (TPSA) is 93.5 Å². The van der Waals surface area contributed by atoms with Gasteiger partial charge in [0.1, 0.15) is 24.7 Å². The van der Waals surface area contributed by atoms with E-state index in [0.717, 1.165) is 4.90 Å². The first kappa shape index (κ1) is 21.9. The summed E-state index contributed by atoms with van der Waals surface area (Å²) in [6.07, 6.45) is 2.17. The average molecular weight is 451 g/mol. The van der Waals surface area contributed by atoms with Crippen molar-refractivity contribution >= 4 is 47.2 Å². The van der Waals surface area contributed by atoms with Crippen molar-refractivity contribution in [2.45, 2.75) is 19.9 Å². The SMILES string of the molecule is CCOC(=O)CN(CC=O)C(=O)C1=C(C)Nc2ccnn2C1c1ccc(Cl)c(Cl)c1. The van der Waals surface area contributed by atoms with Crippen molar-refractivity contribution < 1.29 is 19.1 Å². The highest BCUT2D eigenvalue weighted by Gasteiger charge is 2.35. The van der Waals surface area contributed by atoms with Crippen molar-refractivity contribution in [1.82, 2.24) is 14.7 Å². The second-order valence-corrected chi connectivity index (χ2v) is 7.37. The number of allylic oxidation sites excluding steroid dienone is 1. The van der Waals surface area contributed by atoms with Crippen molar-refractivity contribution in [2.75, 3.05) is 25.0 Å². The van der Waals surface area contributed by atoms with Crippen LogP contribution in [0.1, 0.15) is 25.5 Å². The van der Waals surface area contributed by atoms with Crippen molar-refractivity contribution in [2.24, 2.45) is 0 Å². The smallest absolute Gasteiger partial charge is 0.325 e. The van der Waals surface area contributed by atoms with Gasteiger partial charge < -0.3 is 19.7 Å². The predicted octanol–water partition coefficient (Wildman–Crippen LogP) is 3.07. The van der Waals surface area contributed by atoms with Crippen LogP contribution in [0.4, 0.5) is 5.82 Å². The Balaban J connectivity index is 2.06. The number of benzene rings is 1. The second-order valence-electron chi connectivity index (χ2n) is 6.56. The van der Waals surface area contributed by atoms with E-state index < -0.39 is 17.9 Å². The van der Waals surface area contributed by atoms with Gasteiger partial charge in [-0.05, 0) is 31.5 Å². The quantitative estimate of drug-likeness (QED) is 0.514. The van der Waals surface area contributed by atoms with Crippen LogP contribution in [-0.4, -0.2) is 52.5 Å². The van der Waals surface area contributed by atoms with E-state index in [-0.39, 0.29) is 19.7 Å². The van der Waals surface area contributed by atoms with E-state index in [2.05, 4.69) is 10.4 Å². The van der Waals surface area contributed by atoms with E-state index in [0.29, 0.717) is 39.0 Å². The number of rotatable bonds is 7. The van der Waals surface area contributed by atoms with Gasteiger partial charge in [0.05, 0.1) is 35.0 Å². The molecule has 1 N–H and O–H groups in total. The number of hydrogen-bond donors (Lipinski definition) is 1. The lowest BCUT2D eigenvalue weighted by Crippen LogP contribution is -2.42. The highest BCUT2D eigenvalue weighted by Crippen LogP contribution is 2.38. The highest BCUT2D eigenvalue weighted by atomic mass is 35.5. The number of aldehydes is 1. The molecular formula is C20H20Cl2N4O4. The minimum Gasteiger partial charge on any atom is -0.465 e. The summed E-state index contributed by atoms with van der Waals surface area (Å²) in [4.78, 5) is 37.8. The van der Waals surface area contributed by atoms with Gasteiger partial charge in [0.15, 0.2) is 0 Å². The molecule has 2 aromatic rings. The summed E-state index contributed by atoms with van der Waals surface area (Å²) < 4.78 is 6.58. The standard InChI is InChI=1S/C20H20Cl2N4O4/c1-3-30-17(28)11-25(8-9-27)20(29)18-12(2)24-16-6-7-23-26(16)19(18)13-4-5-14(21)15(22)10-13/h4-7,9-10,19,24H,3,8,11H2,1-2H3. The maximum absolute atomic E-state index is 13.5. The number of anilines is 1. The molecule has 158 valence electrons. The number of nitrogens with one attached hydrogen (secondary N) is 1. The van der Waals surface area contributed by atoms with Crippen molar-refractivity contribution in [1.29, 1.82) is 0 Å². The lowest BCUT2D eigenvalue weighted by atomic mass is 9.94. The maximum atomic E-state index is 13.5. The Bertz CT molecular complexity index is 1020. The van der Waals surface area contributed by atoms with Gasteiger partial charge in [-0.2, -0.15) is 5.10 Å². The van der Waals surface area contributed by atoms with Gasteiger partial charge in [0.25, 0.3) is 5.91 Å². The van der Waals surface area contributed by atoms with Crippen LogP contribution in [-0.2, 0) is 19.1 Å². The minimum absolute atomic E-state index is 0.174. The van der Waals surface area contributed by atoms with Crippen LogP contribution in [0.2, 0.25) is 10.0 Å². The first-order chi connectivity index (χ1) is 14.4. The molecule has 0 spiro atoms. The summed E-state index contributed by atoms with van der Waals surface area (Å²) in [6.45, 7) is 2.99. The van der Waals surface area contributed by atoms with E-state index in [1.165, 1.54) is 0 Å². The van der Waals surface area contributed by atoms with Crippen molar-refractivity contribution in [3.63, 3.8) is 0 Å². The molecule has 1 aliphatic heterocycles. The number of aromatic nitrogens is 2. The zero-order valence-electron chi connectivity index (χ0n) is 16.4. The van der Waals surface area contributed by atoms with E-state index in [4.69, 9.17) is 27.9 Å². The van der Waals surface area contributed by atoms with Crippen LogP contribution in [0, 0.1) is 0 Å². The van der Waals surface area contributed by atoms with Gasteiger partial charge in [0, 0.05) is 11.8 Å². The number of esters is 1. The Morgan fingerprint density at radius 2 is 2.07 bits per heavy atom. The number of hydrogen-bond acceptors (Lipinski definition) is 6. The van der Waals surface area contributed by atoms with E-state index in [1.54, 1.807) is 49.0 Å². The van der Waals surface area contributed by atoms with Gasteiger partial charge >= 0.3 is 5.97 Å². The number of nitrogens with zero attached hydrogens (tertiary/aromatic N) is 3. The molecule has 10 heteroatoms. The molecule has 3 rings (SSSR count). The summed E-state index contributed by atoms with van der Waals surface area (Å²) in [5, 5.41) is 8.20. The largest absolute Gasteiger partial charge is 0.465 e. The number of carbonyl (C=O) groups is 3.